The number of rotatable bonds is 1. The predicted molar refractivity (Wildman–Crippen MR) is 91.9 cm³/mol. The van der Waals surface area contributed by atoms with Crippen LogP contribution in [-0.4, -0.2) is 55.6 Å². The number of amides is 2. The molecule has 1 fully saturated rings. The minimum Gasteiger partial charge on any atom is -0.444 e. The fourth-order valence-electron chi connectivity index (χ4n) is 2.34. The Morgan fingerprint density at radius 3 is 2.56 bits per heavy atom. The maximum atomic E-state index is 12.5. The van der Waals surface area contributed by atoms with Crippen molar-refractivity contribution in [2.24, 2.45) is 0 Å². The Labute approximate surface area is 148 Å². The molecule has 0 saturated carbocycles. The molecule has 25 heavy (non-hydrogen) atoms. The quantitative estimate of drug-likeness (QED) is 0.839. The Kier molecular flexibility index (Phi) is 6.78. The van der Waals surface area contributed by atoms with Gasteiger partial charge in [-0.3, -0.25) is 9.69 Å². The molecule has 1 aliphatic heterocycles. The number of carbonyl (C=O) groups is 2. The smallest absolute Gasteiger partial charge is 0.412 e. The van der Waals surface area contributed by atoms with Gasteiger partial charge in [-0.05, 0) is 26.3 Å². The summed E-state index contributed by atoms with van der Waals surface area (Å²) in [6.07, 6.45) is -0.483. The van der Waals surface area contributed by atoms with Crippen molar-refractivity contribution >= 4 is 12.0 Å². The number of hydrogen-bond donors (Lipinski definition) is 1. The van der Waals surface area contributed by atoms with Gasteiger partial charge in [0, 0.05) is 0 Å². The summed E-state index contributed by atoms with van der Waals surface area (Å²) in [5.74, 6) is -0.236. The lowest BCUT2D eigenvalue weighted by atomic mass is 10.1. The highest BCUT2D eigenvalue weighted by atomic mass is 16.6. The molecular formula is C18H26N2O5. The first kappa shape index (κ1) is 19.2. The van der Waals surface area contributed by atoms with E-state index in [2.05, 4.69) is 5.32 Å². The third-order valence-electron chi connectivity index (χ3n) is 3.44. The number of carbonyl (C=O) groups excluding carboxylic acids is 2. The minimum absolute atomic E-state index is 0.0425. The van der Waals surface area contributed by atoms with Crippen LogP contribution in [0.1, 0.15) is 32.4 Å². The fraction of sp³-hybridized carbons (Fsp3) is 0.556. The highest BCUT2D eigenvalue weighted by Crippen LogP contribution is 2.17. The molecule has 0 radical (unpaired) electrons. The average molecular weight is 350 g/mol. The molecule has 1 aromatic rings. The van der Waals surface area contributed by atoms with Gasteiger partial charge in [-0.1, -0.05) is 30.3 Å². The molecule has 2 amide bonds. The zero-order valence-corrected chi connectivity index (χ0v) is 15.0. The lowest BCUT2D eigenvalue weighted by Crippen LogP contribution is -2.44. The molecule has 1 unspecified atom stereocenters. The highest BCUT2D eigenvalue weighted by molar-refractivity contribution is 5.78. The number of nitrogens with zero attached hydrogens (tertiary/aromatic N) is 1. The van der Waals surface area contributed by atoms with E-state index in [1.807, 2.05) is 51.1 Å². The van der Waals surface area contributed by atoms with Crippen molar-refractivity contribution < 1.29 is 23.8 Å². The van der Waals surface area contributed by atoms with Gasteiger partial charge in [-0.25, -0.2) is 4.79 Å². The van der Waals surface area contributed by atoms with Gasteiger partial charge in [-0.2, -0.15) is 0 Å². The molecule has 1 aromatic carbocycles. The van der Waals surface area contributed by atoms with Gasteiger partial charge >= 0.3 is 6.09 Å². The van der Waals surface area contributed by atoms with E-state index < -0.39 is 11.7 Å². The molecule has 1 heterocycles. The molecule has 138 valence electrons. The summed E-state index contributed by atoms with van der Waals surface area (Å²) in [6.45, 7) is 6.27. The van der Waals surface area contributed by atoms with Crippen molar-refractivity contribution in [3.05, 3.63) is 35.9 Å². The Balaban J connectivity index is 2.20. The van der Waals surface area contributed by atoms with Crippen LogP contribution < -0.4 is 5.32 Å². The molecule has 7 heteroatoms. The minimum atomic E-state index is -0.613. The van der Waals surface area contributed by atoms with Crippen LogP contribution >= 0.6 is 0 Å². The standard InChI is InChI=1S/C18H26N2O5/c1-18(2,3)25-17(22)20-11-15(14-7-5-4-6-8-14)19-16(21)12-23-9-10-24-13-20/h4-8,15H,9-13H2,1-3H3,(H,19,21). The first-order chi connectivity index (χ1) is 11.8. The largest absolute Gasteiger partial charge is 0.444 e. The number of benzene rings is 1. The van der Waals surface area contributed by atoms with Gasteiger partial charge in [0.2, 0.25) is 5.91 Å². The van der Waals surface area contributed by atoms with E-state index in [9.17, 15) is 9.59 Å². The maximum absolute atomic E-state index is 12.5. The van der Waals surface area contributed by atoms with Gasteiger partial charge < -0.3 is 19.5 Å². The topological polar surface area (TPSA) is 77.1 Å². The fourth-order valence-corrected chi connectivity index (χ4v) is 2.34. The summed E-state index contributed by atoms with van der Waals surface area (Å²) >= 11 is 0. The third-order valence-corrected chi connectivity index (χ3v) is 3.44. The van der Waals surface area contributed by atoms with E-state index in [1.54, 1.807) is 0 Å². The molecule has 1 atom stereocenters. The van der Waals surface area contributed by atoms with Gasteiger partial charge in [-0.15, -0.1) is 0 Å². The monoisotopic (exact) mass is 350 g/mol. The SMILES string of the molecule is CC(C)(C)OC(=O)N1COCCOCC(=O)NC(c2ccccc2)C1. The Morgan fingerprint density at radius 2 is 1.88 bits per heavy atom. The average Bonchev–Trinajstić information content (AvgIpc) is 2.58. The summed E-state index contributed by atoms with van der Waals surface area (Å²) in [5.41, 5.74) is 0.279. The Hall–Kier alpha value is -2.12. The molecule has 0 aromatic heterocycles. The van der Waals surface area contributed by atoms with Crippen molar-refractivity contribution in [2.45, 2.75) is 32.4 Å². The third kappa shape index (κ3) is 6.72. The second kappa shape index (κ2) is 8.82. The summed E-state index contributed by atoms with van der Waals surface area (Å²) < 4.78 is 16.2. The van der Waals surface area contributed by atoms with Crippen LogP contribution in [0, 0.1) is 0 Å². The predicted octanol–water partition coefficient (Wildman–Crippen LogP) is 2.09. The van der Waals surface area contributed by atoms with Gasteiger partial charge in [0.25, 0.3) is 0 Å². The van der Waals surface area contributed by atoms with Crippen LogP contribution in [0.4, 0.5) is 4.79 Å². The lowest BCUT2D eigenvalue weighted by Gasteiger charge is -2.30. The van der Waals surface area contributed by atoms with Crippen molar-refractivity contribution in [3.8, 4) is 0 Å². The Bertz CT molecular complexity index is 571. The van der Waals surface area contributed by atoms with Crippen molar-refractivity contribution in [2.75, 3.05) is 33.1 Å². The molecule has 1 N–H and O–H groups in total. The first-order valence-electron chi connectivity index (χ1n) is 8.33. The zero-order chi connectivity index (χ0) is 18.3. The lowest BCUT2D eigenvalue weighted by molar-refractivity contribution is -0.126. The van der Waals surface area contributed by atoms with Gasteiger partial charge in [0.1, 0.15) is 18.9 Å². The second-order valence-corrected chi connectivity index (χ2v) is 6.82. The van der Waals surface area contributed by atoms with Crippen LogP contribution in [0.15, 0.2) is 30.3 Å². The van der Waals surface area contributed by atoms with E-state index in [0.29, 0.717) is 6.61 Å². The van der Waals surface area contributed by atoms with E-state index in [4.69, 9.17) is 14.2 Å². The molecule has 1 aliphatic rings. The van der Waals surface area contributed by atoms with Gasteiger partial charge in [0.15, 0.2) is 0 Å². The van der Waals surface area contributed by atoms with E-state index in [1.165, 1.54) is 4.90 Å². The number of hydrogen-bond acceptors (Lipinski definition) is 5. The van der Waals surface area contributed by atoms with Gasteiger partial charge in [0.05, 0.1) is 25.8 Å². The van der Waals surface area contributed by atoms with Crippen LogP contribution in [0.25, 0.3) is 0 Å². The number of nitrogens with one attached hydrogen (secondary N) is 1. The Morgan fingerprint density at radius 1 is 1.20 bits per heavy atom. The number of ether oxygens (including phenoxy) is 3. The summed E-state index contributed by atoms with van der Waals surface area (Å²) in [4.78, 5) is 26.0. The van der Waals surface area contributed by atoms with Crippen LogP contribution in [0.5, 0.6) is 0 Å². The van der Waals surface area contributed by atoms with Crippen molar-refractivity contribution in [3.63, 3.8) is 0 Å². The summed E-state index contributed by atoms with van der Waals surface area (Å²) in [5, 5.41) is 2.91. The molecule has 0 aliphatic carbocycles. The molecule has 1 saturated heterocycles. The highest BCUT2D eigenvalue weighted by Gasteiger charge is 2.26. The first-order valence-corrected chi connectivity index (χ1v) is 8.33. The van der Waals surface area contributed by atoms with Crippen LogP contribution in [0.2, 0.25) is 0 Å². The van der Waals surface area contributed by atoms with E-state index in [-0.39, 0.29) is 38.4 Å². The van der Waals surface area contributed by atoms with E-state index >= 15 is 0 Å². The van der Waals surface area contributed by atoms with E-state index in [0.717, 1.165) is 5.56 Å². The maximum Gasteiger partial charge on any atom is 0.412 e. The molecule has 0 bridgehead atoms. The molecule has 2 rings (SSSR count). The normalized spacial score (nSPS) is 20.4. The summed E-state index contributed by atoms with van der Waals surface area (Å²) in [7, 11) is 0. The zero-order valence-electron chi connectivity index (χ0n) is 15.0. The molecule has 7 nitrogen and oxygen atoms in total. The van der Waals surface area contributed by atoms with Crippen LogP contribution in [-0.2, 0) is 19.0 Å². The molecular weight excluding hydrogens is 324 g/mol. The summed E-state index contributed by atoms with van der Waals surface area (Å²) in [6, 6.07) is 9.09. The molecule has 0 spiro atoms. The van der Waals surface area contributed by atoms with Crippen LogP contribution in [0.3, 0.4) is 0 Å². The van der Waals surface area contributed by atoms with Crippen molar-refractivity contribution in [1.82, 2.24) is 10.2 Å². The van der Waals surface area contributed by atoms with Crippen molar-refractivity contribution in [1.29, 1.82) is 0 Å². The second-order valence-electron chi connectivity index (χ2n) is 6.82.